The maximum Gasteiger partial charge on any atom is 0.274 e. The van der Waals surface area contributed by atoms with Gasteiger partial charge < -0.3 is 10.6 Å². The molecular formula is C20H28N4O. The van der Waals surface area contributed by atoms with Gasteiger partial charge in [-0.1, -0.05) is 39.0 Å². The molecule has 0 saturated carbocycles. The van der Waals surface area contributed by atoms with Gasteiger partial charge in [0, 0.05) is 17.4 Å². The average molecular weight is 340 g/mol. The van der Waals surface area contributed by atoms with Crippen LogP contribution in [-0.4, -0.2) is 21.9 Å². The van der Waals surface area contributed by atoms with E-state index in [-0.39, 0.29) is 11.9 Å². The normalized spacial score (nSPS) is 11.9. The van der Waals surface area contributed by atoms with Crippen LogP contribution in [0.3, 0.4) is 0 Å². The molecule has 1 unspecified atom stereocenters. The van der Waals surface area contributed by atoms with Crippen LogP contribution in [-0.2, 0) is 12.8 Å². The van der Waals surface area contributed by atoms with E-state index in [1.807, 2.05) is 13.0 Å². The fourth-order valence-corrected chi connectivity index (χ4v) is 2.65. The van der Waals surface area contributed by atoms with E-state index in [1.54, 1.807) is 6.07 Å². The first-order chi connectivity index (χ1) is 12.0. The van der Waals surface area contributed by atoms with Crippen molar-refractivity contribution in [3.63, 3.8) is 0 Å². The van der Waals surface area contributed by atoms with E-state index < -0.39 is 0 Å². The second-order valence-corrected chi connectivity index (χ2v) is 6.28. The van der Waals surface area contributed by atoms with Gasteiger partial charge in [0.2, 0.25) is 5.95 Å². The summed E-state index contributed by atoms with van der Waals surface area (Å²) in [5, 5.41) is 6.30. The zero-order chi connectivity index (χ0) is 18.4. The number of aryl methyl sites for hydroxylation is 3. The standard InChI is InChI=1S/C20H28N4O/c1-6-13(4)21-20-22-14(5)12-17(23-20)19(25)24-18-15(7-2)10-9-11-16(18)8-3/h9-13H,6-8H2,1-5H3,(H,24,25)(H,21,22,23). The molecular weight excluding hydrogens is 312 g/mol. The minimum atomic E-state index is -0.201. The lowest BCUT2D eigenvalue weighted by atomic mass is 10.0. The Morgan fingerprint density at radius 2 is 1.76 bits per heavy atom. The minimum Gasteiger partial charge on any atom is -0.352 e. The third-order valence-electron chi connectivity index (χ3n) is 4.31. The molecule has 0 spiro atoms. The van der Waals surface area contributed by atoms with Crippen molar-refractivity contribution in [1.29, 1.82) is 0 Å². The number of benzene rings is 1. The fraction of sp³-hybridized carbons (Fsp3) is 0.450. The SMILES string of the molecule is CCc1cccc(CC)c1NC(=O)c1cc(C)nc(NC(C)CC)n1. The molecule has 2 rings (SSSR count). The van der Waals surface area contributed by atoms with Crippen molar-refractivity contribution in [1.82, 2.24) is 9.97 Å². The molecule has 0 bridgehead atoms. The molecule has 5 heteroatoms. The van der Waals surface area contributed by atoms with E-state index in [1.165, 1.54) is 0 Å². The molecule has 0 fully saturated rings. The first-order valence-corrected chi connectivity index (χ1v) is 9.02. The highest BCUT2D eigenvalue weighted by Crippen LogP contribution is 2.23. The topological polar surface area (TPSA) is 66.9 Å². The van der Waals surface area contributed by atoms with Crippen molar-refractivity contribution in [2.24, 2.45) is 0 Å². The first kappa shape index (κ1) is 18.9. The average Bonchev–Trinajstić information content (AvgIpc) is 2.61. The number of nitrogens with one attached hydrogen (secondary N) is 2. The number of nitrogens with zero attached hydrogens (tertiary/aromatic N) is 2. The summed E-state index contributed by atoms with van der Waals surface area (Å²) in [6.07, 6.45) is 2.70. The molecule has 1 atom stereocenters. The molecule has 25 heavy (non-hydrogen) atoms. The van der Waals surface area contributed by atoms with E-state index in [4.69, 9.17) is 0 Å². The summed E-state index contributed by atoms with van der Waals surface area (Å²) < 4.78 is 0. The Hall–Kier alpha value is -2.43. The van der Waals surface area contributed by atoms with Crippen LogP contribution in [0.4, 0.5) is 11.6 Å². The first-order valence-electron chi connectivity index (χ1n) is 9.02. The van der Waals surface area contributed by atoms with Gasteiger partial charge in [0.1, 0.15) is 5.69 Å². The van der Waals surface area contributed by atoms with Gasteiger partial charge in [0.15, 0.2) is 0 Å². The van der Waals surface area contributed by atoms with Crippen molar-refractivity contribution in [2.75, 3.05) is 10.6 Å². The summed E-state index contributed by atoms with van der Waals surface area (Å²) in [7, 11) is 0. The van der Waals surface area contributed by atoms with Crippen LogP contribution in [0.2, 0.25) is 0 Å². The maximum atomic E-state index is 12.8. The van der Waals surface area contributed by atoms with Gasteiger partial charge in [-0.2, -0.15) is 0 Å². The van der Waals surface area contributed by atoms with Crippen LogP contribution in [0, 0.1) is 6.92 Å². The van der Waals surface area contributed by atoms with Gasteiger partial charge >= 0.3 is 0 Å². The molecule has 1 heterocycles. The largest absolute Gasteiger partial charge is 0.352 e. The van der Waals surface area contributed by atoms with Crippen LogP contribution in [0.25, 0.3) is 0 Å². The zero-order valence-electron chi connectivity index (χ0n) is 15.8. The number of anilines is 2. The molecule has 0 aliphatic rings. The molecule has 5 nitrogen and oxygen atoms in total. The summed E-state index contributed by atoms with van der Waals surface area (Å²) in [5.41, 5.74) is 4.33. The second-order valence-electron chi connectivity index (χ2n) is 6.28. The van der Waals surface area contributed by atoms with E-state index in [0.29, 0.717) is 11.6 Å². The molecule has 1 aromatic heterocycles. The number of carbonyl (C=O) groups excluding carboxylic acids is 1. The summed E-state index contributed by atoms with van der Waals surface area (Å²) in [5.74, 6) is 0.298. The lowest BCUT2D eigenvalue weighted by molar-refractivity contribution is 0.102. The van der Waals surface area contributed by atoms with Gasteiger partial charge in [-0.05, 0) is 50.3 Å². The Morgan fingerprint density at radius 3 is 2.32 bits per heavy atom. The minimum absolute atomic E-state index is 0.201. The predicted molar refractivity (Wildman–Crippen MR) is 103 cm³/mol. The summed E-state index contributed by atoms with van der Waals surface area (Å²) in [6, 6.07) is 8.12. The molecule has 0 aliphatic heterocycles. The Labute approximate surface area is 150 Å². The van der Waals surface area contributed by atoms with E-state index in [2.05, 4.69) is 60.4 Å². The van der Waals surface area contributed by atoms with Crippen molar-refractivity contribution in [3.05, 3.63) is 46.8 Å². The van der Waals surface area contributed by atoms with Crippen molar-refractivity contribution in [2.45, 2.75) is 59.9 Å². The Morgan fingerprint density at radius 1 is 1.12 bits per heavy atom. The lowest BCUT2D eigenvalue weighted by Crippen LogP contribution is -2.20. The lowest BCUT2D eigenvalue weighted by Gasteiger charge is -2.15. The summed E-state index contributed by atoms with van der Waals surface area (Å²) >= 11 is 0. The molecule has 134 valence electrons. The smallest absolute Gasteiger partial charge is 0.274 e. The third kappa shape index (κ3) is 4.78. The highest BCUT2D eigenvalue weighted by Gasteiger charge is 2.15. The molecule has 2 N–H and O–H groups in total. The molecule has 2 aromatic rings. The van der Waals surface area contributed by atoms with Crippen LogP contribution < -0.4 is 10.6 Å². The van der Waals surface area contributed by atoms with E-state index in [9.17, 15) is 4.79 Å². The molecule has 0 radical (unpaired) electrons. The van der Waals surface area contributed by atoms with Gasteiger partial charge in [-0.25, -0.2) is 9.97 Å². The van der Waals surface area contributed by atoms with Crippen molar-refractivity contribution < 1.29 is 4.79 Å². The molecule has 0 saturated heterocycles. The maximum absolute atomic E-state index is 12.8. The fourth-order valence-electron chi connectivity index (χ4n) is 2.65. The van der Waals surface area contributed by atoms with Crippen molar-refractivity contribution in [3.8, 4) is 0 Å². The van der Waals surface area contributed by atoms with Crippen molar-refractivity contribution >= 4 is 17.5 Å². The number of hydrogen-bond acceptors (Lipinski definition) is 4. The van der Waals surface area contributed by atoms with E-state index in [0.717, 1.165) is 41.8 Å². The Bertz CT molecular complexity index is 720. The Kier molecular flexibility index (Phi) is 6.51. The van der Waals surface area contributed by atoms with Crippen LogP contribution in [0.1, 0.15) is 61.4 Å². The van der Waals surface area contributed by atoms with E-state index >= 15 is 0 Å². The van der Waals surface area contributed by atoms with Gasteiger partial charge in [-0.3, -0.25) is 4.79 Å². The number of para-hydroxylation sites is 1. The Balaban J connectivity index is 2.30. The predicted octanol–water partition coefficient (Wildman–Crippen LogP) is 4.37. The highest BCUT2D eigenvalue weighted by molar-refractivity contribution is 6.04. The number of amides is 1. The quantitative estimate of drug-likeness (QED) is 0.785. The molecule has 1 aromatic carbocycles. The number of rotatable bonds is 7. The van der Waals surface area contributed by atoms with Gasteiger partial charge in [0.05, 0.1) is 0 Å². The summed E-state index contributed by atoms with van der Waals surface area (Å²) in [6.45, 7) is 10.2. The van der Waals surface area contributed by atoms with Crippen LogP contribution in [0.15, 0.2) is 24.3 Å². The number of hydrogen-bond donors (Lipinski definition) is 2. The third-order valence-corrected chi connectivity index (χ3v) is 4.31. The molecule has 0 aliphatic carbocycles. The zero-order valence-corrected chi connectivity index (χ0v) is 15.8. The molecule has 1 amide bonds. The summed E-state index contributed by atoms with van der Waals surface area (Å²) in [4.78, 5) is 21.6. The van der Waals surface area contributed by atoms with Crippen LogP contribution in [0.5, 0.6) is 0 Å². The number of aromatic nitrogens is 2. The monoisotopic (exact) mass is 340 g/mol. The highest BCUT2D eigenvalue weighted by atomic mass is 16.1. The van der Waals surface area contributed by atoms with Gasteiger partial charge in [0.25, 0.3) is 5.91 Å². The second kappa shape index (κ2) is 8.60. The van der Waals surface area contributed by atoms with Gasteiger partial charge in [-0.15, -0.1) is 0 Å². The number of carbonyl (C=O) groups is 1. The van der Waals surface area contributed by atoms with Crippen LogP contribution >= 0.6 is 0 Å².